The van der Waals surface area contributed by atoms with Crippen molar-refractivity contribution in [2.24, 2.45) is 0 Å². The molecule has 0 aliphatic carbocycles. The third-order valence-electron chi connectivity index (χ3n) is 3.20. The maximum absolute atomic E-state index is 12.2. The summed E-state index contributed by atoms with van der Waals surface area (Å²) in [6.07, 6.45) is 3.90. The molecule has 21 heavy (non-hydrogen) atoms. The van der Waals surface area contributed by atoms with Crippen molar-refractivity contribution in [3.05, 3.63) is 41.5 Å². The molecule has 112 valence electrons. The van der Waals surface area contributed by atoms with Gasteiger partial charge in [0.2, 0.25) is 5.78 Å². The molecule has 0 radical (unpaired) electrons. The van der Waals surface area contributed by atoms with E-state index in [1.807, 2.05) is 27.7 Å². The van der Waals surface area contributed by atoms with Crippen molar-refractivity contribution in [3.8, 4) is 17.6 Å². The Balaban J connectivity index is 3.34. The van der Waals surface area contributed by atoms with Crippen LogP contribution in [-0.2, 0) is 11.8 Å². The van der Waals surface area contributed by atoms with Crippen LogP contribution in [-0.4, -0.2) is 10.9 Å². The average molecular weight is 284 g/mol. The number of rotatable bonds is 4. The summed E-state index contributed by atoms with van der Waals surface area (Å²) in [5.41, 5.74) is 1.78. The number of aromatic hydroxyl groups is 1. The number of allylic oxidation sites excluding steroid dienone is 1. The van der Waals surface area contributed by atoms with Crippen LogP contribution in [0, 0.1) is 11.8 Å². The van der Waals surface area contributed by atoms with Gasteiger partial charge in [0.05, 0.1) is 0 Å². The number of benzene rings is 1. The number of unbranched alkanes of at least 4 members (excludes halogenated alkanes) is 1. The van der Waals surface area contributed by atoms with Crippen LogP contribution in [0.3, 0.4) is 0 Å². The lowest BCUT2D eigenvalue weighted by Gasteiger charge is -2.22. The van der Waals surface area contributed by atoms with Gasteiger partial charge in [-0.25, -0.2) is 0 Å². The van der Waals surface area contributed by atoms with Crippen LogP contribution in [0.1, 0.15) is 62.0 Å². The minimum absolute atomic E-state index is 0.195. The first kappa shape index (κ1) is 17.0. The van der Waals surface area contributed by atoms with E-state index in [2.05, 4.69) is 18.4 Å². The average Bonchev–Trinajstić information content (AvgIpc) is 2.40. The lowest BCUT2D eigenvalue weighted by molar-refractivity contribution is 0.105. The van der Waals surface area contributed by atoms with E-state index in [0.717, 1.165) is 24.0 Å². The molecular weight excluding hydrogens is 260 g/mol. The standard InChI is InChI=1S/C19H24O2/c1-6-8-9-11-17(20)15-12-14(10-7-2)18(21)16(13-15)19(3,4)5/h7,12-13,21H,2,6,8,10H2,1,3-5H3. The van der Waals surface area contributed by atoms with Gasteiger partial charge in [-0.2, -0.15) is 0 Å². The van der Waals surface area contributed by atoms with Crippen LogP contribution in [0.15, 0.2) is 24.8 Å². The first-order chi connectivity index (χ1) is 9.81. The molecule has 1 aromatic rings. The van der Waals surface area contributed by atoms with E-state index >= 15 is 0 Å². The molecule has 0 saturated heterocycles. The van der Waals surface area contributed by atoms with Crippen molar-refractivity contribution >= 4 is 5.78 Å². The molecule has 1 N–H and O–H groups in total. The van der Waals surface area contributed by atoms with Gasteiger partial charge in [-0.05, 0) is 41.9 Å². The van der Waals surface area contributed by atoms with Crippen LogP contribution < -0.4 is 0 Å². The van der Waals surface area contributed by atoms with Gasteiger partial charge in [0.25, 0.3) is 0 Å². The minimum atomic E-state index is -0.243. The molecule has 0 unspecified atom stereocenters. The molecule has 2 nitrogen and oxygen atoms in total. The summed E-state index contributed by atoms with van der Waals surface area (Å²) in [6, 6.07) is 3.47. The molecule has 0 aliphatic rings. The first-order valence-electron chi connectivity index (χ1n) is 7.31. The van der Waals surface area contributed by atoms with E-state index in [1.165, 1.54) is 0 Å². The fourth-order valence-electron chi connectivity index (χ4n) is 2.05. The molecule has 1 rings (SSSR count). The zero-order valence-corrected chi connectivity index (χ0v) is 13.4. The Hall–Kier alpha value is -2.01. The van der Waals surface area contributed by atoms with Gasteiger partial charge in [-0.15, -0.1) is 6.58 Å². The maximum atomic E-state index is 12.2. The van der Waals surface area contributed by atoms with Crippen molar-refractivity contribution in [1.82, 2.24) is 0 Å². The molecule has 0 amide bonds. The van der Waals surface area contributed by atoms with Crippen molar-refractivity contribution in [2.75, 3.05) is 0 Å². The number of phenolic OH excluding ortho intramolecular Hbond substituents is 1. The van der Waals surface area contributed by atoms with Crippen molar-refractivity contribution in [1.29, 1.82) is 0 Å². The summed E-state index contributed by atoms with van der Waals surface area (Å²) in [5, 5.41) is 10.4. The zero-order valence-electron chi connectivity index (χ0n) is 13.4. The van der Waals surface area contributed by atoms with Gasteiger partial charge in [0, 0.05) is 17.5 Å². The third kappa shape index (κ3) is 4.49. The number of Topliss-reactive ketones (excluding diaryl/α,β-unsaturated/α-hetero) is 1. The predicted molar refractivity (Wildman–Crippen MR) is 87.7 cm³/mol. The molecule has 1 aromatic carbocycles. The third-order valence-corrected chi connectivity index (χ3v) is 3.20. The van der Waals surface area contributed by atoms with E-state index in [-0.39, 0.29) is 16.9 Å². The van der Waals surface area contributed by atoms with E-state index in [1.54, 1.807) is 18.2 Å². The van der Waals surface area contributed by atoms with Crippen molar-refractivity contribution in [3.63, 3.8) is 0 Å². The highest BCUT2D eigenvalue weighted by molar-refractivity contribution is 6.09. The Morgan fingerprint density at radius 1 is 1.38 bits per heavy atom. The fourth-order valence-corrected chi connectivity index (χ4v) is 2.05. The highest BCUT2D eigenvalue weighted by Crippen LogP contribution is 2.34. The second-order valence-corrected chi connectivity index (χ2v) is 6.16. The second-order valence-electron chi connectivity index (χ2n) is 6.16. The highest BCUT2D eigenvalue weighted by Gasteiger charge is 2.22. The molecule has 2 heteroatoms. The van der Waals surface area contributed by atoms with Crippen LogP contribution in [0.25, 0.3) is 0 Å². The molecule has 0 bridgehead atoms. The normalized spacial score (nSPS) is 10.7. The van der Waals surface area contributed by atoms with Gasteiger partial charge in [0.1, 0.15) is 5.75 Å². The highest BCUT2D eigenvalue weighted by atomic mass is 16.3. The minimum Gasteiger partial charge on any atom is -0.507 e. The van der Waals surface area contributed by atoms with Crippen LogP contribution in [0.2, 0.25) is 0 Å². The monoisotopic (exact) mass is 284 g/mol. The predicted octanol–water partition coefficient (Wildman–Crippen LogP) is 4.40. The van der Waals surface area contributed by atoms with Crippen LogP contribution in [0.4, 0.5) is 0 Å². The summed E-state index contributed by atoms with van der Waals surface area (Å²) < 4.78 is 0. The SMILES string of the molecule is C=CCc1cc(C(=O)C#CCCC)cc(C(C)(C)C)c1O. The maximum Gasteiger partial charge on any atom is 0.235 e. The second kappa shape index (κ2) is 7.13. The van der Waals surface area contributed by atoms with Crippen molar-refractivity contribution < 1.29 is 9.90 Å². The molecule has 0 aliphatic heterocycles. The Kier molecular flexibility index (Phi) is 5.79. The number of carbonyl (C=O) groups is 1. The van der Waals surface area contributed by atoms with Crippen molar-refractivity contribution in [2.45, 2.75) is 52.4 Å². The Labute approximate surface area is 127 Å². The molecule has 0 spiro atoms. The molecular formula is C19H24O2. The zero-order chi connectivity index (χ0) is 16.0. The van der Waals surface area contributed by atoms with E-state index < -0.39 is 0 Å². The Morgan fingerprint density at radius 3 is 2.57 bits per heavy atom. The largest absolute Gasteiger partial charge is 0.507 e. The smallest absolute Gasteiger partial charge is 0.235 e. The number of carbonyl (C=O) groups excluding carboxylic acids is 1. The Bertz CT molecular complexity index is 592. The number of phenols is 1. The van der Waals surface area contributed by atoms with Gasteiger partial charge in [0.15, 0.2) is 0 Å². The lowest BCUT2D eigenvalue weighted by Crippen LogP contribution is -2.14. The van der Waals surface area contributed by atoms with E-state index in [0.29, 0.717) is 12.0 Å². The summed E-state index contributed by atoms with van der Waals surface area (Å²) in [4.78, 5) is 12.2. The quantitative estimate of drug-likeness (QED) is 0.385. The number of ketones is 1. The molecule has 0 aromatic heterocycles. The summed E-state index contributed by atoms with van der Waals surface area (Å²) in [7, 11) is 0. The van der Waals surface area contributed by atoms with Crippen LogP contribution in [0.5, 0.6) is 5.75 Å². The summed E-state index contributed by atoms with van der Waals surface area (Å²) in [5.74, 6) is 5.60. The summed E-state index contributed by atoms with van der Waals surface area (Å²) >= 11 is 0. The number of hydrogen-bond donors (Lipinski definition) is 1. The number of hydrogen-bond acceptors (Lipinski definition) is 2. The lowest BCUT2D eigenvalue weighted by atomic mass is 9.83. The molecule has 0 fully saturated rings. The first-order valence-corrected chi connectivity index (χ1v) is 7.31. The van der Waals surface area contributed by atoms with Gasteiger partial charge in [-0.1, -0.05) is 39.7 Å². The van der Waals surface area contributed by atoms with Gasteiger partial charge >= 0.3 is 0 Å². The van der Waals surface area contributed by atoms with E-state index in [4.69, 9.17) is 0 Å². The van der Waals surface area contributed by atoms with E-state index in [9.17, 15) is 9.90 Å². The summed E-state index contributed by atoms with van der Waals surface area (Å²) in [6.45, 7) is 11.8. The molecule has 0 atom stereocenters. The van der Waals surface area contributed by atoms with Gasteiger partial charge < -0.3 is 5.11 Å². The topological polar surface area (TPSA) is 37.3 Å². The van der Waals surface area contributed by atoms with Gasteiger partial charge in [-0.3, -0.25) is 4.79 Å². The molecule has 0 saturated carbocycles. The molecule has 0 heterocycles. The fraction of sp³-hybridized carbons (Fsp3) is 0.421. The van der Waals surface area contributed by atoms with Crippen LogP contribution >= 0.6 is 0 Å². The Morgan fingerprint density at radius 2 is 2.05 bits per heavy atom.